The first-order valence-corrected chi connectivity index (χ1v) is 11.1. The Morgan fingerprint density at radius 3 is 2.19 bits per heavy atom. The van der Waals surface area contributed by atoms with Crippen LogP contribution in [0, 0.1) is 6.92 Å². The number of nitrogens with zero attached hydrogens (tertiary/aromatic N) is 1. The fraction of sp³-hybridized carbons (Fsp3) is 0.130. The van der Waals surface area contributed by atoms with E-state index in [0.29, 0.717) is 22.6 Å². The molecule has 0 saturated heterocycles. The van der Waals surface area contributed by atoms with Crippen molar-refractivity contribution in [1.82, 2.24) is 0 Å². The molecule has 158 valence electrons. The molecular formula is C23H21N3O4S. The molecule has 3 aromatic rings. The first-order chi connectivity index (χ1) is 14.8. The molecular weight excluding hydrogens is 414 g/mol. The van der Waals surface area contributed by atoms with E-state index in [-0.39, 0.29) is 17.3 Å². The van der Waals surface area contributed by atoms with E-state index in [9.17, 15) is 18.0 Å². The SMILES string of the molecule is CC(=O)Nc1ccc(NC(=O)CN2c3ccc(C)cc3-c3ccccc3S2(=O)=O)cc1. The van der Waals surface area contributed by atoms with E-state index >= 15 is 0 Å². The molecule has 0 aromatic heterocycles. The van der Waals surface area contributed by atoms with Gasteiger partial charge in [-0.1, -0.05) is 29.8 Å². The maximum Gasteiger partial charge on any atom is 0.265 e. The Hall–Kier alpha value is -3.65. The summed E-state index contributed by atoms with van der Waals surface area (Å²) in [5.74, 6) is -0.664. The molecule has 2 amide bonds. The molecule has 0 saturated carbocycles. The van der Waals surface area contributed by atoms with Crippen LogP contribution in [0.4, 0.5) is 17.1 Å². The molecule has 0 unspecified atom stereocenters. The molecule has 0 fully saturated rings. The smallest absolute Gasteiger partial charge is 0.265 e. The minimum absolute atomic E-state index is 0.181. The number of rotatable bonds is 4. The number of fused-ring (bicyclic) bond motifs is 3. The van der Waals surface area contributed by atoms with E-state index in [0.717, 1.165) is 15.4 Å². The Labute approximate surface area is 180 Å². The second-order valence-corrected chi connectivity index (χ2v) is 9.17. The number of hydrogen-bond acceptors (Lipinski definition) is 4. The highest BCUT2D eigenvalue weighted by molar-refractivity contribution is 7.93. The lowest BCUT2D eigenvalue weighted by Crippen LogP contribution is -2.40. The average Bonchev–Trinajstić information content (AvgIpc) is 2.72. The summed E-state index contributed by atoms with van der Waals surface area (Å²) in [6.07, 6.45) is 0. The van der Waals surface area contributed by atoms with Crippen molar-refractivity contribution in [3.8, 4) is 11.1 Å². The van der Waals surface area contributed by atoms with Crippen LogP contribution in [0.25, 0.3) is 11.1 Å². The van der Waals surface area contributed by atoms with Gasteiger partial charge in [0, 0.05) is 29.4 Å². The Balaban J connectivity index is 1.62. The van der Waals surface area contributed by atoms with Gasteiger partial charge >= 0.3 is 0 Å². The summed E-state index contributed by atoms with van der Waals surface area (Å²) >= 11 is 0. The van der Waals surface area contributed by atoms with Gasteiger partial charge in [0.15, 0.2) is 0 Å². The minimum atomic E-state index is -3.89. The Morgan fingerprint density at radius 2 is 1.52 bits per heavy atom. The van der Waals surface area contributed by atoms with Gasteiger partial charge in [0.05, 0.1) is 10.6 Å². The van der Waals surface area contributed by atoms with Gasteiger partial charge in [-0.2, -0.15) is 0 Å². The summed E-state index contributed by atoms with van der Waals surface area (Å²) in [6, 6.07) is 18.9. The second-order valence-electron chi connectivity index (χ2n) is 7.34. The van der Waals surface area contributed by atoms with Gasteiger partial charge in [-0.3, -0.25) is 13.9 Å². The molecule has 3 aromatic carbocycles. The van der Waals surface area contributed by atoms with Crippen LogP contribution in [0.5, 0.6) is 0 Å². The van der Waals surface area contributed by atoms with Crippen molar-refractivity contribution in [3.05, 3.63) is 72.3 Å². The number of benzene rings is 3. The minimum Gasteiger partial charge on any atom is -0.326 e. The van der Waals surface area contributed by atoms with E-state index in [1.54, 1.807) is 54.6 Å². The molecule has 4 rings (SSSR count). The van der Waals surface area contributed by atoms with E-state index in [1.807, 2.05) is 19.1 Å². The number of sulfonamides is 1. The number of nitrogens with one attached hydrogen (secondary N) is 2. The quantitative estimate of drug-likeness (QED) is 0.652. The fourth-order valence-electron chi connectivity index (χ4n) is 3.59. The first-order valence-electron chi connectivity index (χ1n) is 9.66. The largest absolute Gasteiger partial charge is 0.326 e. The van der Waals surface area contributed by atoms with Gasteiger partial charge < -0.3 is 10.6 Å². The molecule has 1 aliphatic rings. The summed E-state index contributed by atoms with van der Waals surface area (Å²) in [6.45, 7) is 2.99. The maximum atomic E-state index is 13.3. The zero-order valence-corrected chi connectivity index (χ0v) is 17.9. The van der Waals surface area contributed by atoms with Gasteiger partial charge in [0.2, 0.25) is 11.8 Å². The molecule has 31 heavy (non-hydrogen) atoms. The highest BCUT2D eigenvalue weighted by atomic mass is 32.2. The molecule has 1 heterocycles. The van der Waals surface area contributed by atoms with Crippen molar-refractivity contribution in [1.29, 1.82) is 0 Å². The van der Waals surface area contributed by atoms with Gasteiger partial charge in [-0.25, -0.2) is 8.42 Å². The first kappa shape index (κ1) is 20.6. The number of amides is 2. The van der Waals surface area contributed by atoms with E-state index in [1.165, 1.54) is 6.92 Å². The van der Waals surface area contributed by atoms with Crippen molar-refractivity contribution in [2.75, 3.05) is 21.5 Å². The number of hydrogen-bond donors (Lipinski definition) is 2. The zero-order chi connectivity index (χ0) is 22.2. The van der Waals surface area contributed by atoms with Gasteiger partial charge in [0.25, 0.3) is 10.0 Å². The standard InChI is InChI=1S/C23H21N3O4S/c1-15-7-12-21-20(13-15)19-5-3-4-6-22(19)31(29,30)26(21)14-23(28)25-18-10-8-17(9-11-18)24-16(2)27/h3-13H,14H2,1-2H3,(H,24,27)(H,25,28). The van der Waals surface area contributed by atoms with Crippen LogP contribution in [0.2, 0.25) is 0 Å². The summed E-state index contributed by atoms with van der Waals surface area (Å²) in [7, 11) is -3.89. The lowest BCUT2D eigenvalue weighted by atomic mass is 10.0. The molecule has 7 nitrogen and oxygen atoms in total. The topological polar surface area (TPSA) is 95.6 Å². The van der Waals surface area contributed by atoms with Crippen molar-refractivity contribution in [2.24, 2.45) is 0 Å². The Bertz CT molecular complexity index is 1280. The number of carbonyl (C=O) groups excluding carboxylic acids is 2. The lowest BCUT2D eigenvalue weighted by Gasteiger charge is -2.31. The second kappa shape index (κ2) is 7.88. The zero-order valence-electron chi connectivity index (χ0n) is 17.0. The summed E-state index contributed by atoms with van der Waals surface area (Å²) in [5.41, 5.74) is 3.98. The predicted octanol–water partition coefficient (Wildman–Crippen LogP) is 3.77. The maximum absolute atomic E-state index is 13.3. The van der Waals surface area contributed by atoms with Crippen LogP contribution in [0.3, 0.4) is 0 Å². The third-order valence-electron chi connectivity index (χ3n) is 4.94. The van der Waals surface area contributed by atoms with Crippen molar-refractivity contribution in [2.45, 2.75) is 18.7 Å². The molecule has 0 atom stereocenters. The van der Waals surface area contributed by atoms with Crippen LogP contribution >= 0.6 is 0 Å². The van der Waals surface area contributed by atoms with E-state index in [4.69, 9.17) is 0 Å². The van der Waals surface area contributed by atoms with Crippen LogP contribution < -0.4 is 14.9 Å². The fourth-order valence-corrected chi connectivity index (χ4v) is 5.24. The monoisotopic (exact) mass is 435 g/mol. The predicted molar refractivity (Wildman–Crippen MR) is 121 cm³/mol. The highest BCUT2D eigenvalue weighted by Crippen LogP contribution is 2.43. The third kappa shape index (κ3) is 4.02. The highest BCUT2D eigenvalue weighted by Gasteiger charge is 2.35. The molecule has 0 aliphatic carbocycles. The Morgan fingerprint density at radius 1 is 0.871 bits per heavy atom. The Kier molecular flexibility index (Phi) is 5.24. The molecule has 8 heteroatoms. The van der Waals surface area contributed by atoms with Crippen LogP contribution in [-0.2, 0) is 19.6 Å². The summed E-state index contributed by atoms with van der Waals surface area (Å²) < 4.78 is 27.7. The van der Waals surface area contributed by atoms with Crippen molar-refractivity contribution < 1.29 is 18.0 Å². The lowest BCUT2D eigenvalue weighted by molar-refractivity contribution is -0.115. The molecule has 0 bridgehead atoms. The van der Waals surface area contributed by atoms with Gasteiger partial charge in [-0.05, 0) is 49.4 Å². The van der Waals surface area contributed by atoms with E-state index < -0.39 is 15.9 Å². The molecule has 0 radical (unpaired) electrons. The van der Waals surface area contributed by atoms with E-state index in [2.05, 4.69) is 10.6 Å². The van der Waals surface area contributed by atoms with Crippen molar-refractivity contribution >= 4 is 38.9 Å². The molecule has 2 N–H and O–H groups in total. The molecule has 1 aliphatic heterocycles. The summed E-state index contributed by atoms with van der Waals surface area (Å²) in [4.78, 5) is 24.0. The van der Waals surface area contributed by atoms with Crippen molar-refractivity contribution in [3.63, 3.8) is 0 Å². The number of aryl methyl sites for hydroxylation is 1. The normalized spacial score (nSPS) is 13.7. The number of anilines is 3. The third-order valence-corrected chi connectivity index (χ3v) is 6.76. The van der Waals surface area contributed by atoms with Gasteiger partial charge in [0.1, 0.15) is 6.54 Å². The van der Waals surface area contributed by atoms with Crippen LogP contribution in [0.1, 0.15) is 12.5 Å². The summed E-state index contributed by atoms with van der Waals surface area (Å²) in [5, 5.41) is 5.36. The average molecular weight is 436 g/mol. The number of carbonyl (C=O) groups is 2. The van der Waals surface area contributed by atoms with Crippen LogP contribution in [0.15, 0.2) is 71.6 Å². The van der Waals surface area contributed by atoms with Crippen LogP contribution in [-0.4, -0.2) is 26.8 Å². The molecule has 0 spiro atoms. The van der Waals surface area contributed by atoms with Gasteiger partial charge in [-0.15, -0.1) is 0 Å².